The number of aryl methyl sites for hydroxylation is 2. The Morgan fingerprint density at radius 1 is 0.636 bits per heavy atom. The molecule has 0 aliphatic carbocycles. The van der Waals surface area contributed by atoms with Gasteiger partial charge in [-0.25, -0.2) is 19.9 Å². The van der Waals surface area contributed by atoms with E-state index < -0.39 is 0 Å². The molecule has 0 spiro atoms. The van der Waals surface area contributed by atoms with Gasteiger partial charge in [-0.05, 0) is 62.4 Å². The van der Waals surface area contributed by atoms with Gasteiger partial charge in [-0.15, -0.1) is 0 Å². The van der Waals surface area contributed by atoms with Crippen molar-refractivity contribution in [2.75, 3.05) is 23.7 Å². The van der Waals surface area contributed by atoms with E-state index >= 15 is 0 Å². The molecule has 0 atom stereocenters. The largest absolute Gasteiger partial charge is 0.316 e. The van der Waals surface area contributed by atoms with E-state index in [9.17, 15) is 9.59 Å². The highest BCUT2D eigenvalue weighted by Crippen LogP contribution is 2.15. The molecule has 0 unspecified atom stereocenters. The Morgan fingerprint density at radius 3 is 1.52 bits per heavy atom. The summed E-state index contributed by atoms with van der Waals surface area (Å²) in [7, 11) is 0. The fourth-order valence-electron chi connectivity index (χ4n) is 3.27. The summed E-state index contributed by atoms with van der Waals surface area (Å²) in [6.07, 6.45) is 0.527. The molecule has 9 heteroatoms. The zero-order chi connectivity index (χ0) is 23.2. The highest BCUT2D eigenvalue weighted by atomic mass is 16.2. The second-order valence-corrected chi connectivity index (χ2v) is 7.74. The summed E-state index contributed by atoms with van der Waals surface area (Å²) in [5.74, 6) is 0.624. The van der Waals surface area contributed by atoms with E-state index in [0.717, 1.165) is 22.2 Å². The first-order valence-corrected chi connectivity index (χ1v) is 10.8. The van der Waals surface area contributed by atoms with Crippen LogP contribution >= 0.6 is 0 Å². The third-order valence-electron chi connectivity index (χ3n) is 4.98. The van der Waals surface area contributed by atoms with Crippen LogP contribution in [0.1, 0.15) is 24.2 Å². The average molecular weight is 444 g/mol. The van der Waals surface area contributed by atoms with Crippen molar-refractivity contribution in [3.8, 4) is 0 Å². The number of fused-ring (bicyclic) bond motifs is 2. The number of hydrogen-bond acceptors (Lipinski definition) is 7. The Hall–Kier alpha value is -3.98. The molecule has 168 valence electrons. The monoisotopic (exact) mass is 443 g/mol. The minimum atomic E-state index is -0.158. The van der Waals surface area contributed by atoms with E-state index in [0.29, 0.717) is 36.0 Å². The summed E-state index contributed by atoms with van der Waals surface area (Å²) in [6, 6.07) is 15.0. The predicted molar refractivity (Wildman–Crippen MR) is 128 cm³/mol. The molecule has 0 aromatic carbocycles. The maximum atomic E-state index is 12.2. The number of carbonyl (C=O) groups excluding carboxylic acids is 2. The Bertz CT molecular complexity index is 1220. The lowest BCUT2D eigenvalue weighted by Crippen LogP contribution is -2.26. The van der Waals surface area contributed by atoms with Gasteiger partial charge in [0.15, 0.2) is 11.3 Å². The van der Waals surface area contributed by atoms with Gasteiger partial charge in [0.05, 0.1) is 0 Å². The number of nitrogens with one attached hydrogen (secondary N) is 3. The standard InChI is InChI=1S/C24H25N7O2/c1-15-3-5-17-7-9-19(30-23(17)26-15)28-21(32)11-13-25-14-12-22(33)29-20-10-8-18-6-4-16(2)27-24(18)31-20/h3-10,25H,11-14H2,1-2H3,(H,26,28,30,32)(H,27,29,31,33). The van der Waals surface area contributed by atoms with Crippen LogP contribution in [0.3, 0.4) is 0 Å². The number of aromatic nitrogens is 4. The quantitative estimate of drug-likeness (QED) is 0.358. The molecule has 4 aromatic heterocycles. The molecule has 0 fully saturated rings. The van der Waals surface area contributed by atoms with E-state index in [2.05, 4.69) is 35.9 Å². The van der Waals surface area contributed by atoms with Crippen LogP contribution in [0.15, 0.2) is 48.5 Å². The number of amides is 2. The van der Waals surface area contributed by atoms with Gasteiger partial charge >= 0.3 is 0 Å². The normalized spacial score (nSPS) is 11.0. The lowest BCUT2D eigenvalue weighted by molar-refractivity contribution is -0.116. The van der Waals surface area contributed by atoms with Crippen LogP contribution in [-0.4, -0.2) is 44.8 Å². The number of rotatable bonds is 8. The van der Waals surface area contributed by atoms with E-state index in [4.69, 9.17) is 0 Å². The van der Waals surface area contributed by atoms with Gasteiger partial charge in [0.1, 0.15) is 11.6 Å². The van der Waals surface area contributed by atoms with Crippen LogP contribution in [0.4, 0.5) is 11.6 Å². The van der Waals surface area contributed by atoms with Crippen LogP contribution in [0.5, 0.6) is 0 Å². The first kappa shape index (κ1) is 22.2. The fourth-order valence-corrected chi connectivity index (χ4v) is 3.27. The Kier molecular flexibility index (Phi) is 6.80. The van der Waals surface area contributed by atoms with Gasteiger partial charge in [0, 0.05) is 48.1 Å². The van der Waals surface area contributed by atoms with Gasteiger partial charge in [-0.2, -0.15) is 0 Å². The third-order valence-corrected chi connectivity index (χ3v) is 4.98. The lowest BCUT2D eigenvalue weighted by Gasteiger charge is -2.08. The van der Waals surface area contributed by atoms with Crippen LogP contribution in [0, 0.1) is 13.8 Å². The Morgan fingerprint density at radius 2 is 1.06 bits per heavy atom. The maximum absolute atomic E-state index is 12.2. The van der Waals surface area contributed by atoms with Crippen molar-refractivity contribution in [2.45, 2.75) is 26.7 Å². The number of anilines is 2. The first-order valence-electron chi connectivity index (χ1n) is 10.8. The number of hydrogen-bond donors (Lipinski definition) is 3. The topological polar surface area (TPSA) is 122 Å². The van der Waals surface area contributed by atoms with Crippen LogP contribution in [0.2, 0.25) is 0 Å². The minimum absolute atomic E-state index is 0.158. The van der Waals surface area contributed by atoms with Gasteiger partial charge in [-0.3, -0.25) is 9.59 Å². The zero-order valence-electron chi connectivity index (χ0n) is 18.6. The van der Waals surface area contributed by atoms with Crippen LogP contribution in [-0.2, 0) is 9.59 Å². The molecule has 0 saturated carbocycles. The molecule has 0 radical (unpaired) electrons. The predicted octanol–water partition coefficient (Wildman–Crippen LogP) is 3.14. The van der Waals surface area contributed by atoms with E-state index in [-0.39, 0.29) is 24.7 Å². The highest BCUT2D eigenvalue weighted by Gasteiger charge is 2.07. The number of pyridine rings is 4. The maximum Gasteiger partial charge on any atom is 0.226 e. The molecule has 0 aliphatic heterocycles. The first-order chi connectivity index (χ1) is 16.0. The van der Waals surface area contributed by atoms with Crippen molar-refractivity contribution in [1.82, 2.24) is 25.3 Å². The molecule has 33 heavy (non-hydrogen) atoms. The van der Waals surface area contributed by atoms with E-state index in [1.807, 2.05) is 50.2 Å². The lowest BCUT2D eigenvalue weighted by atomic mass is 10.2. The number of carbonyl (C=O) groups is 2. The Labute approximate surface area is 191 Å². The molecule has 3 N–H and O–H groups in total. The molecule has 4 aromatic rings. The zero-order valence-corrected chi connectivity index (χ0v) is 18.6. The molecule has 0 saturated heterocycles. The summed E-state index contributed by atoms with van der Waals surface area (Å²) in [5, 5.41) is 10.5. The van der Waals surface area contributed by atoms with Crippen molar-refractivity contribution >= 4 is 45.5 Å². The highest BCUT2D eigenvalue weighted by molar-refractivity contribution is 5.92. The SMILES string of the molecule is Cc1ccc2ccc(NC(=O)CCNCCC(=O)Nc3ccc4ccc(C)nc4n3)nc2n1. The van der Waals surface area contributed by atoms with E-state index in [1.54, 1.807) is 12.1 Å². The summed E-state index contributed by atoms with van der Waals surface area (Å²) in [5.41, 5.74) is 2.94. The number of nitrogens with zero attached hydrogens (tertiary/aromatic N) is 4. The average Bonchev–Trinajstić information content (AvgIpc) is 2.78. The van der Waals surface area contributed by atoms with Crippen molar-refractivity contribution in [2.24, 2.45) is 0 Å². The van der Waals surface area contributed by atoms with Crippen LogP contribution in [0.25, 0.3) is 22.1 Å². The molecular formula is C24H25N7O2. The van der Waals surface area contributed by atoms with Gasteiger partial charge in [0.2, 0.25) is 11.8 Å². The molecule has 4 heterocycles. The Balaban J connectivity index is 1.18. The second kappa shape index (κ2) is 10.1. The molecular weight excluding hydrogens is 418 g/mol. The minimum Gasteiger partial charge on any atom is -0.316 e. The summed E-state index contributed by atoms with van der Waals surface area (Å²) < 4.78 is 0. The molecule has 4 rings (SSSR count). The van der Waals surface area contributed by atoms with Gasteiger partial charge in [-0.1, -0.05) is 0 Å². The van der Waals surface area contributed by atoms with Crippen molar-refractivity contribution < 1.29 is 9.59 Å². The van der Waals surface area contributed by atoms with Crippen molar-refractivity contribution in [3.63, 3.8) is 0 Å². The van der Waals surface area contributed by atoms with E-state index in [1.165, 1.54) is 0 Å². The molecule has 0 aliphatic rings. The second-order valence-electron chi connectivity index (χ2n) is 7.74. The third kappa shape index (κ3) is 6.05. The smallest absolute Gasteiger partial charge is 0.226 e. The fraction of sp³-hybridized carbons (Fsp3) is 0.250. The van der Waals surface area contributed by atoms with Gasteiger partial charge in [0.25, 0.3) is 0 Å². The van der Waals surface area contributed by atoms with Crippen molar-refractivity contribution in [1.29, 1.82) is 0 Å². The van der Waals surface area contributed by atoms with Gasteiger partial charge < -0.3 is 16.0 Å². The summed E-state index contributed by atoms with van der Waals surface area (Å²) >= 11 is 0. The molecule has 9 nitrogen and oxygen atoms in total. The molecule has 0 bridgehead atoms. The van der Waals surface area contributed by atoms with Crippen molar-refractivity contribution in [3.05, 3.63) is 59.9 Å². The molecule has 2 amide bonds. The van der Waals surface area contributed by atoms with Crippen LogP contribution < -0.4 is 16.0 Å². The summed E-state index contributed by atoms with van der Waals surface area (Å²) in [4.78, 5) is 41.9. The summed E-state index contributed by atoms with van der Waals surface area (Å²) in [6.45, 7) is 4.69.